The molecule has 2 amide bonds. The summed E-state index contributed by atoms with van der Waals surface area (Å²) < 4.78 is 34.1. The van der Waals surface area contributed by atoms with Crippen LogP contribution in [0.5, 0.6) is 11.5 Å². The van der Waals surface area contributed by atoms with E-state index in [0.29, 0.717) is 30.1 Å². The van der Waals surface area contributed by atoms with Crippen LogP contribution in [0.1, 0.15) is 42.6 Å². The number of carbonyl (C=O) groups excluding carboxylic acids is 2. The molecule has 8 nitrogen and oxygen atoms in total. The third-order valence-corrected chi connectivity index (χ3v) is 5.99. The Labute approximate surface area is 207 Å². The third-order valence-electron chi connectivity index (χ3n) is 5.99. The molecule has 1 aromatic heterocycles. The van der Waals surface area contributed by atoms with E-state index in [1.807, 2.05) is 13.0 Å². The Morgan fingerprint density at radius 2 is 1.94 bits per heavy atom. The number of benzene rings is 2. The zero-order chi connectivity index (χ0) is 25.8. The van der Waals surface area contributed by atoms with Crippen molar-refractivity contribution in [3.63, 3.8) is 0 Å². The molecular weight excluding hydrogens is 468 g/mol. The van der Waals surface area contributed by atoms with Gasteiger partial charge in [0.2, 0.25) is 5.91 Å². The van der Waals surface area contributed by atoms with E-state index in [0.717, 1.165) is 31.4 Å². The van der Waals surface area contributed by atoms with Gasteiger partial charge in [0.15, 0.2) is 11.6 Å². The van der Waals surface area contributed by atoms with Crippen molar-refractivity contribution in [2.24, 2.45) is 5.73 Å². The van der Waals surface area contributed by atoms with Gasteiger partial charge in [0, 0.05) is 24.7 Å². The summed E-state index contributed by atoms with van der Waals surface area (Å²) in [4.78, 5) is 26.5. The van der Waals surface area contributed by atoms with Crippen LogP contribution in [0.4, 0.5) is 14.6 Å². The normalized spacial score (nSPS) is 15.9. The molecule has 0 aliphatic carbocycles. The summed E-state index contributed by atoms with van der Waals surface area (Å²) in [5.41, 5.74) is 12.9. The van der Waals surface area contributed by atoms with Crippen LogP contribution in [0.15, 0.2) is 54.6 Å². The number of nitrogens with zero attached hydrogens (tertiary/aromatic N) is 3. The first kappa shape index (κ1) is 24.9. The van der Waals surface area contributed by atoms with E-state index in [1.54, 1.807) is 39.9 Å². The predicted molar refractivity (Wildman–Crippen MR) is 131 cm³/mol. The number of nitrogen functional groups attached to an aromatic ring is 1. The van der Waals surface area contributed by atoms with E-state index in [9.17, 15) is 18.4 Å². The van der Waals surface area contributed by atoms with Crippen LogP contribution in [0.25, 0.3) is 11.3 Å². The molecule has 2 heterocycles. The van der Waals surface area contributed by atoms with Gasteiger partial charge in [0.05, 0.1) is 6.04 Å². The van der Waals surface area contributed by atoms with E-state index in [1.165, 1.54) is 6.07 Å². The van der Waals surface area contributed by atoms with Crippen molar-refractivity contribution >= 4 is 17.6 Å². The van der Waals surface area contributed by atoms with Gasteiger partial charge in [-0.05, 0) is 61.7 Å². The first-order valence-corrected chi connectivity index (χ1v) is 11.6. The zero-order valence-electron chi connectivity index (χ0n) is 19.8. The summed E-state index contributed by atoms with van der Waals surface area (Å²) in [5, 5.41) is 4.61. The van der Waals surface area contributed by atoms with Crippen molar-refractivity contribution in [1.82, 2.24) is 14.7 Å². The number of hydrogen-bond donors (Lipinski definition) is 2. The highest BCUT2D eigenvalue weighted by Gasteiger charge is 2.29. The molecule has 1 aliphatic heterocycles. The second-order valence-electron chi connectivity index (χ2n) is 8.51. The number of allylic oxidation sites excluding steroid dienone is 1. The molecule has 0 bridgehead atoms. The van der Waals surface area contributed by atoms with Crippen LogP contribution in [0.2, 0.25) is 0 Å². The number of ether oxygens (including phenoxy) is 1. The maximum atomic E-state index is 13.9. The van der Waals surface area contributed by atoms with Crippen LogP contribution in [0.3, 0.4) is 0 Å². The van der Waals surface area contributed by atoms with E-state index >= 15 is 0 Å². The summed E-state index contributed by atoms with van der Waals surface area (Å²) in [5.74, 6) is -2.01. The fraction of sp³-hybridized carbons (Fsp3) is 0.269. The van der Waals surface area contributed by atoms with Gasteiger partial charge >= 0.3 is 0 Å². The number of hydrogen-bond acceptors (Lipinski definition) is 5. The number of primary amides is 1. The molecule has 0 spiro atoms. The minimum absolute atomic E-state index is 0.0733. The number of halogens is 2. The van der Waals surface area contributed by atoms with Crippen molar-refractivity contribution in [3.05, 3.63) is 71.8 Å². The number of aromatic nitrogens is 2. The van der Waals surface area contributed by atoms with E-state index in [4.69, 9.17) is 16.2 Å². The van der Waals surface area contributed by atoms with Crippen LogP contribution in [-0.4, -0.2) is 39.6 Å². The fourth-order valence-corrected chi connectivity index (χ4v) is 4.22. The summed E-state index contributed by atoms with van der Waals surface area (Å²) >= 11 is 0. The molecule has 4 N–H and O–H groups in total. The third kappa shape index (κ3) is 5.22. The Kier molecular flexibility index (Phi) is 7.33. The molecule has 1 atom stereocenters. The summed E-state index contributed by atoms with van der Waals surface area (Å²) in [7, 11) is 0. The predicted octanol–water partition coefficient (Wildman–Crippen LogP) is 4.43. The SMILES string of the molecule is CCC=CC(=O)N1CCCC(n2nc(-c3ccc(Oc4ccc(F)cc4F)cc3)c(C(N)=O)c2N)C1. The van der Waals surface area contributed by atoms with Crippen molar-refractivity contribution in [3.8, 4) is 22.8 Å². The highest BCUT2D eigenvalue weighted by molar-refractivity contribution is 6.03. The Balaban J connectivity index is 1.60. The lowest BCUT2D eigenvalue weighted by atomic mass is 10.1. The molecule has 10 heteroatoms. The van der Waals surface area contributed by atoms with Crippen LogP contribution < -0.4 is 16.2 Å². The lowest BCUT2D eigenvalue weighted by molar-refractivity contribution is -0.127. The Morgan fingerprint density at radius 1 is 1.19 bits per heavy atom. The fourth-order valence-electron chi connectivity index (χ4n) is 4.22. The van der Waals surface area contributed by atoms with Crippen molar-refractivity contribution in [1.29, 1.82) is 0 Å². The van der Waals surface area contributed by atoms with Gasteiger partial charge in [0.25, 0.3) is 5.91 Å². The van der Waals surface area contributed by atoms with E-state index in [2.05, 4.69) is 5.10 Å². The molecule has 0 saturated carbocycles. The minimum Gasteiger partial charge on any atom is -0.454 e. The Hall–Kier alpha value is -4.21. The number of amides is 2. The first-order chi connectivity index (χ1) is 17.3. The van der Waals surface area contributed by atoms with Gasteiger partial charge in [-0.15, -0.1) is 0 Å². The standard InChI is InChI=1S/C26H27F2N5O3/c1-2-3-6-22(34)32-13-4-5-18(15-32)33-25(29)23(26(30)35)24(31-33)16-7-10-19(11-8-16)36-21-12-9-17(27)14-20(21)28/h3,6-12,14,18H,2,4-5,13,15,29H2,1H3,(H2,30,35). The van der Waals surface area contributed by atoms with Crippen molar-refractivity contribution in [2.75, 3.05) is 18.8 Å². The highest BCUT2D eigenvalue weighted by Crippen LogP contribution is 2.33. The first-order valence-electron chi connectivity index (χ1n) is 11.6. The van der Waals surface area contributed by atoms with Gasteiger partial charge in [-0.1, -0.05) is 13.0 Å². The van der Waals surface area contributed by atoms with Crippen LogP contribution in [-0.2, 0) is 4.79 Å². The van der Waals surface area contributed by atoms with E-state index in [-0.39, 0.29) is 29.1 Å². The van der Waals surface area contributed by atoms with E-state index < -0.39 is 17.5 Å². The molecule has 1 unspecified atom stereocenters. The lowest BCUT2D eigenvalue weighted by Crippen LogP contribution is -2.40. The summed E-state index contributed by atoms with van der Waals surface area (Å²) in [6.07, 6.45) is 5.65. The average molecular weight is 496 g/mol. The number of likely N-dealkylation sites (tertiary alicyclic amines) is 1. The molecule has 3 aromatic rings. The summed E-state index contributed by atoms with van der Waals surface area (Å²) in [6, 6.07) is 9.23. The number of rotatable bonds is 7. The number of anilines is 1. The van der Waals surface area contributed by atoms with Crippen LogP contribution in [0, 0.1) is 11.6 Å². The minimum atomic E-state index is -0.827. The number of piperidine rings is 1. The highest BCUT2D eigenvalue weighted by atomic mass is 19.1. The van der Waals surface area contributed by atoms with Gasteiger partial charge in [-0.3, -0.25) is 9.59 Å². The lowest BCUT2D eigenvalue weighted by Gasteiger charge is -2.32. The van der Waals surface area contributed by atoms with Gasteiger partial charge in [0.1, 0.15) is 28.6 Å². The van der Waals surface area contributed by atoms with Gasteiger partial charge < -0.3 is 21.1 Å². The molecule has 36 heavy (non-hydrogen) atoms. The molecular formula is C26H27F2N5O3. The van der Waals surface area contributed by atoms with Crippen LogP contribution >= 0.6 is 0 Å². The monoisotopic (exact) mass is 495 g/mol. The maximum absolute atomic E-state index is 13.9. The Bertz CT molecular complexity index is 1300. The second-order valence-corrected chi connectivity index (χ2v) is 8.51. The van der Waals surface area contributed by atoms with Gasteiger partial charge in [-0.25, -0.2) is 13.5 Å². The Morgan fingerprint density at radius 3 is 2.61 bits per heavy atom. The molecule has 2 aromatic carbocycles. The largest absolute Gasteiger partial charge is 0.454 e. The smallest absolute Gasteiger partial charge is 0.254 e. The maximum Gasteiger partial charge on any atom is 0.254 e. The second kappa shape index (κ2) is 10.6. The summed E-state index contributed by atoms with van der Waals surface area (Å²) in [6.45, 7) is 3.00. The van der Waals surface area contributed by atoms with Crippen molar-refractivity contribution in [2.45, 2.75) is 32.2 Å². The molecule has 1 saturated heterocycles. The van der Waals surface area contributed by atoms with Crippen molar-refractivity contribution < 1.29 is 23.1 Å². The number of carbonyl (C=O) groups is 2. The van der Waals surface area contributed by atoms with Gasteiger partial charge in [-0.2, -0.15) is 5.10 Å². The molecule has 4 rings (SSSR count). The average Bonchev–Trinajstić information content (AvgIpc) is 3.22. The molecule has 1 fully saturated rings. The molecule has 0 radical (unpaired) electrons. The topological polar surface area (TPSA) is 116 Å². The zero-order valence-corrected chi connectivity index (χ0v) is 19.8. The molecule has 188 valence electrons. The quantitative estimate of drug-likeness (QED) is 0.471. The molecule has 1 aliphatic rings. The number of nitrogens with two attached hydrogens (primary N) is 2.